The van der Waals surface area contributed by atoms with Gasteiger partial charge < -0.3 is 10.6 Å². The number of amides is 2. The Balaban J connectivity index is 1.54. The van der Waals surface area contributed by atoms with Crippen molar-refractivity contribution in [1.29, 1.82) is 0 Å². The minimum absolute atomic E-state index is 0.0505. The van der Waals surface area contributed by atoms with Crippen LogP contribution in [0.25, 0.3) is 10.4 Å². The summed E-state index contributed by atoms with van der Waals surface area (Å²) in [6.45, 7) is 0.400. The molecule has 2 aliphatic rings. The number of azide groups is 1. The Kier molecular flexibility index (Phi) is 6.20. The average molecular weight is 311 g/mol. The smallest absolute Gasteiger partial charge is 0.315 e. The van der Waals surface area contributed by atoms with Gasteiger partial charge in [0.15, 0.2) is 0 Å². The number of rotatable bonds is 9. The Morgan fingerprint density at radius 1 is 1.33 bits per heavy atom. The third-order valence-corrected chi connectivity index (χ3v) is 5.42. The van der Waals surface area contributed by atoms with Crippen LogP contribution in [0.4, 0.5) is 4.79 Å². The van der Waals surface area contributed by atoms with Gasteiger partial charge in [-0.3, -0.25) is 4.79 Å². The number of thioether (sulfide) groups is 1. The van der Waals surface area contributed by atoms with E-state index in [4.69, 9.17) is 5.53 Å². The summed E-state index contributed by atoms with van der Waals surface area (Å²) in [5.41, 5.74) is 8.13. The van der Waals surface area contributed by atoms with E-state index in [1.165, 1.54) is 0 Å². The molecule has 0 saturated carbocycles. The largest absolute Gasteiger partial charge is 0.332 e. The number of unbranched alkanes of at least 4 members (excludes halogenated alkanes) is 1. The SMILES string of the molecule is [N-]=[N+]=NCCCC(=O)CCCC[C@@H]1SC[C@@H]2NC(=O)N[C@@H]21. The van der Waals surface area contributed by atoms with Crippen LogP contribution in [-0.4, -0.2) is 41.4 Å². The molecular formula is C13H21N5O2S. The first-order valence-corrected chi connectivity index (χ1v) is 8.47. The quantitative estimate of drug-likeness (QED) is 0.224. The molecule has 8 heteroatoms. The normalized spacial score (nSPS) is 26.7. The Labute approximate surface area is 128 Å². The molecule has 2 rings (SSSR count). The molecule has 2 amide bonds. The monoisotopic (exact) mass is 311 g/mol. The maximum atomic E-state index is 11.6. The fraction of sp³-hybridized carbons (Fsp3) is 0.846. The van der Waals surface area contributed by atoms with E-state index >= 15 is 0 Å². The molecule has 0 aliphatic carbocycles. The van der Waals surface area contributed by atoms with Gasteiger partial charge in [-0.15, -0.1) is 0 Å². The summed E-state index contributed by atoms with van der Waals surface area (Å²) in [4.78, 5) is 25.5. The van der Waals surface area contributed by atoms with Crippen molar-refractivity contribution in [3.05, 3.63) is 10.4 Å². The van der Waals surface area contributed by atoms with Crippen LogP contribution in [0.15, 0.2) is 5.11 Å². The molecule has 2 aliphatic heterocycles. The van der Waals surface area contributed by atoms with Crippen LogP contribution in [0.5, 0.6) is 0 Å². The second kappa shape index (κ2) is 8.14. The van der Waals surface area contributed by atoms with Crippen molar-refractivity contribution in [3.63, 3.8) is 0 Å². The first-order valence-electron chi connectivity index (χ1n) is 7.42. The highest BCUT2D eigenvalue weighted by atomic mass is 32.2. The summed E-state index contributed by atoms with van der Waals surface area (Å²) in [5.74, 6) is 1.22. The van der Waals surface area contributed by atoms with E-state index in [2.05, 4.69) is 20.7 Å². The highest BCUT2D eigenvalue weighted by molar-refractivity contribution is 8.00. The molecule has 0 aromatic rings. The van der Waals surface area contributed by atoms with Gasteiger partial charge in [-0.2, -0.15) is 11.8 Å². The number of hydrogen-bond acceptors (Lipinski definition) is 4. The van der Waals surface area contributed by atoms with Crippen molar-refractivity contribution in [2.75, 3.05) is 12.3 Å². The Bertz CT molecular complexity index is 438. The number of nitrogens with zero attached hydrogens (tertiary/aromatic N) is 3. The molecule has 2 saturated heterocycles. The zero-order chi connectivity index (χ0) is 15.1. The maximum absolute atomic E-state index is 11.6. The molecule has 0 radical (unpaired) electrons. The van der Waals surface area contributed by atoms with Gasteiger partial charge in [0, 0.05) is 35.3 Å². The summed E-state index contributed by atoms with van der Waals surface area (Å²) in [6, 6.07) is 0.474. The van der Waals surface area contributed by atoms with Crippen LogP contribution in [-0.2, 0) is 4.79 Å². The topological polar surface area (TPSA) is 107 Å². The molecule has 0 spiro atoms. The van der Waals surface area contributed by atoms with Crippen molar-refractivity contribution >= 4 is 23.6 Å². The second-order valence-corrected chi connectivity index (χ2v) is 6.74. The van der Waals surface area contributed by atoms with E-state index in [9.17, 15) is 9.59 Å². The van der Waals surface area contributed by atoms with E-state index in [1.807, 2.05) is 11.8 Å². The van der Waals surface area contributed by atoms with Gasteiger partial charge >= 0.3 is 6.03 Å². The molecule has 116 valence electrons. The summed E-state index contributed by atoms with van der Waals surface area (Å²) < 4.78 is 0. The Hall–Kier alpha value is -1.40. The lowest BCUT2D eigenvalue weighted by Gasteiger charge is -2.16. The van der Waals surface area contributed by atoms with Gasteiger partial charge in [-0.25, -0.2) is 4.79 Å². The van der Waals surface area contributed by atoms with Crippen molar-refractivity contribution in [2.45, 2.75) is 55.9 Å². The summed E-state index contributed by atoms with van der Waals surface area (Å²) in [7, 11) is 0. The lowest BCUT2D eigenvalue weighted by atomic mass is 10.0. The number of nitrogens with one attached hydrogen (secondary N) is 2. The highest BCUT2D eigenvalue weighted by Gasteiger charge is 2.42. The number of fused-ring (bicyclic) bond motifs is 1. The van der Waals surface area contributed by atoms with Gasteiger partial charge in [0.2, 0.25) is 0 Å². The van der Waals surface area contributed by atoms with Gasteiger partial charge in [-0.1, -0.05) is 11.5 Å². The van der Waals surface area contributed by atoms with Gasteiger partial charge in [-0.05, 0) is 24.8 Å². The third kappa shape index (κ3) is 4.82. The predicted molar refractivity (Wildman–Crippen MR) is 82.2 cm³/mol. The maximum Gasteiger partial charge on any atom is 0.315 e. The predicted octanol–water partition coefficient (Wildman–Crippen LogP) is 2.37. The molecule has 0 bridgehead atoms. The van der Waals surface area contributed by atoms with E-state index in [-0.39, 0.29) is 23.9 Å². The Morgan fingerprint density at radius 3 is 2.95 bits per heavy atom. The molecule has 3 atom stereocenters. The van der Waals surface area contributed by atoms with Crippen molar-refractivity contribution in [2.24, 2.45) is 5.11 Å². The van der Waals surface area contributed by atoms with Crippen LogP contribution in [0, 0.1) is 0 Å². The van der Waals surface area contributed by atoms with Crippen LogP contribution in [0.1, 0.15) is 38.5 Å². The summed E-state index contributed by atoms with van der Waals surface area (Å²) in [5, 5.41) is 9.79. The zero-order valence-corrected chi connectivity index (χ0v) is 12.8. The summed E-state index contributed by atoms with van der Waals surface area (Å²) >= 11 is 1.91. The number of ketones is 1. The molecule has 2 heterocycles. The van der Waals surface area contributed by atoms with Crippen LogP contribution in [0.3, 0.4) is 0 Å². The van der Waals surface area contributed by atoms with Crippen LogP contribution < -0.4 is 10.6 Å². The number of Topliss-reactive ketones (excluding diaryl/α,β-unsaturated/α-hetero) is 1. The standard InChI is InChI=1S/C13H21N5O2S/c14-18-15-7-3-5-9(19)4-1-2-6-11-12-10(8-21-11)16-13(20)17-12/h10-12H,1-8H2,(H2,16,17,20)/t10-,11-,12-/m0/s1. The molecule has 7 nitrogen and oxygen atoms in total. The molecule has 2 N–H and O–H groups in total. The van der Waals surface area contributed by atoms with Crippen LogP contribution in [0.2, 0.25) is 0 Å². The molecular weight excluding hydrogens is 290 g/mol. The van der Waals surface area contributed by atoms with Crippen LogP contribution >= 0.6 is 11.8 Å². The lowest BCUT2D eigenvalue weighted by Crippen LogP contribution is -2.36. The summed E-state index contributed by atoms with van der Waals surface area (Å²) in [6.07, 6.45) is 4.70. The minimum Gasteiger partial charge on any atom is -0.332 e. The minimum atomic E-state index is -0.0505. The zero-order valence-electron chi connectivity index (χ0n) is 12.0. The molecule has 0 unspecified atom stereocenters. The second-order valence-electron chi connectivity index (χ2n) is 5.46. The van der Waals surface area contributed by atoms with Crippen molar-refractivity contribution in [1.82, 2.24) is 10.6 Å². The average Bonchev–Trinajstić information content (AvgIpc) is 2.99. The molecule has 0 aromatic heterocycles. The van der Waals surface area contributed by atoms with Crippen molar-refractivity contribution in [3.8, 4) is 0 Å². The van der Waals surface area contributed by atoms with Gasteiger partial charge in [0.05, 0.1) is 12.1 Å². The molecule has 2 fully saturated rings. The highest BCUT2D eigenvalue weighted by Crippen LogP contribution is 2.33. The van der Waals surface area contributed by atoms with E-state index in [0.717, 1.165) is 25.0 Å². The number of urea groups is 1. The fourth-order valence-electron chi connectivity index (χ4n) is 2.83. The van der Waals surface area contributed by atoms with E-state index < -0.39 is 0 Å². The lowest BCUT2D eigenvalue weighted by molar-refractivity contribution is -0.119. The number of carbonyl (C=O) groups is 2. The van der Waals surface area contributed by atoms with Crippen molar-refractivity contribution < 1.29 is 9.59 Å². The van der Waals surface area contributed by atoms with E-state index in [1.54, 1.807) is 0 Å². The Morgan fingerprint density at radius 2 is 2.14 bits per heavy atom. The van der Waals surface area contributed by atoms with Gasteiger partial charge in [0.25, 0.3) is 0 Å². The third-order valence-electron chi connectivity index (χ3n) is 3.91. The van der Waals surface area contributed by atoms with E-state index in [0.29, 0.717) is 31.1 Å². The number of hydrogen-bond donors (Lipinski definition) is 2. The first kappa shape index (κ1) is 16.0. The van der Waals surface area contributed by atoms with Gasteiger partial charge in [0.1, 0.15) is 5.78 Å². The first-order chi connectivity index (χ1) is 10.2. The molecule has 0 aromatic carbocycles. The molecule has 21 heavy (non-hydrogen) atoms. The fourth-order valence-corrected chi connectivity index (χ4v) is 4.37. The number of carbonyl (C=O) groups excluding carboxylic acids is 2.